The van der Waals surface area contributed by atoms with Crippen LogP contribution in [-0.4, -0.2) is 10.2 Å². The minimum Gasteiger partial charge on any atom is -0.508 e. The van der Waals surface area contributed by atoms with Crippen LogP contribution in [0.2, 0.25) is 0 Å². The zero-order chi connectivity index (χ0) is 13.8. The number of hydrogen-bond donors (Lipinski definition) is 2. The maximum Gasteiger partial charge on any atom is 0.138 e. The molecule has 0 unspecified atom stereocenters. The molecule has 1 aliphatic rings. The Labute approximate surface area is 109 Å². The monoisotopic (exact) mass is 260 g/mol. The van der Waals surface area contributed by atoms with Crippen LogP contribution < -0.4 is 4.74 Å². The van der Waals surface area contributed by atoms with Gasteiger partial charge in [-0.1, -0.05) is 6.07 Å². The number of hydrogen-bond acceptors (Lipinski definition) is 3. The quantitative estimate of drug-likeness (QED) is 0.761. The molecule has 2 aromatic rings. The summed E-state index contributed by atoms with van der Waals surface area (Å²) in [6, 6.07) is 7.20. The van der Waals surface area contributed by atoms with Gasteiger partial charge in [-0.15, -0.1) is 0 Å². The van der Waals surface area contributed by atoms with Crippen molar-refractivity contribution in [3.05, 3.63) is 41.7 Å². The molecule has 2 N–H and O–H groups in total. The summed E-state index contributed by atoms with van der Waals surface area (Å²) < 4.78 is 19.8. The summed E-state index contributed by atoms with van der Waals surface area (Å²) in [6.07, 6.45) is 0. The molecule has 3 nitrogen and oxygen atoms in total. The van der Waals surface area contributed by atoms with Crippen molar-refractivity contribution >= 4 is 0 Å². The van der Waals surface area contributed by atoms with Crippen LogP contribution >= 0.6 is 0 Å². The average molecular weight is 260 g/mol. The number of phenols is 2. The van der Waals surface area contributed by atoms with Gasteiger partial charge in [0.05, 0.1) is 5.56 Å². The predicted octanol–water partition coefficient (Wildman–Crippen LogP) is 3.53. The van der Waals surface area contributed by atoms with E-state index in [1.165, 1.54) is 12.1 Å². The molecule has 0 atom stereocenters. The average Bonchev–Trinajstić information content (AvgIpc) is 2.28. The van der Waals surface area contributed by atoms with Gasteiger partial charge in [0.2, 0.25) is 0 Å². The smallest absolute Gasteiger partial charge is 0.138 e. The van der Waals surface area contributed by atoms with Crippen molar-refractivity contribution in [2.45, 2.75) is 19.4 Å². The summed E-state index contributed by atoms with van der Waals surface area (Å²) in [7, 11) is 0. The van der Waals surface area contributed by atoms with Gasteiger partial charge >= 0.3 is 0 Å². The van der Waals surface area contributed by atoms with Crippen LogP contribution in [0, 0.1) is 5.82 Å². The van der Waals surface area contributed by atoms with E-state index in [4.69, 9.17) is 4.74 Å². The minimum atomic E-state index is -0.707. The number of halogens is 1. The largest absolute Gasteiger partial charge is 0.508 e. The van der Waals surface area contributed by atoms with Crippen LogP contribution in [0.5, 0.6) is 17.2 Å². The van der Waals surface area contributed by atoms with Crippen LogP contribution in [0.25, 0.3) is 11.1 Å². The van der Waals surface area contributed by atoms with Gasteiger partial charge in [0.25, 0.3) is 0 Å². The highest BCUT2D eigenvalue weighted by atomic mass is 19.1. The Morgan fingerprint density at radius 2 is 1.79 bits per heavy atom. The Kier molecular flexibility index (Phi) is 2.26. The fraction of sp³-hybridized carbons (Fsp3) is 0.200. The van der Waals surface area contributed by atoms with Gasteiger partial charge in [-0.25, -0.2) is 4.39 Å². The van der Waals surface area contributed by atoms with Crippen molar-refractivity contribution < 1.29 is 19.3 Å². The van der Waals surface area contributed by atoms with Crippen LogP contribution in [0.3, 0.4) is 0 Å². The number of benzene rings is 2. The second-order valence-corrected chi connectivity index (χ2v) is 5.14. The highest BCUT2D eigenvalue weighted by Crippen LogP contribution is 2.48. The Hall–Kier alpha value is -2.23. The van der Waals surface area contributed by atoms with Gasteiger partial charge < -0.3 is 14.9 Å². The Balaban J connectivity index is 2.36. The number of phenolic OH excluding ortho intramolecular Hbond substituents is 2. The lowest BCUT2D eigenvalue weighted by atomic mass is 9.86. The van der Waals surface area contributed by atoms with Crippen molar-refractivity contribution in [3.63, 3.8) is 0 Å². The van der Waals surface area contributed by atoms with Gasteiger partial charge in [-0.3, -0.25) is 0 Å². The topological polar surface area (TPSA) is 49.7 Å². The van der Waals surface area contributed by atoms with E-state index in [-0.39, 0.29) is 11.5 Å². The lowest BCUT2D eigenvalue weighted by Gasteiger charge is -2.35. The van der Waals surface area contributed by atoms with Crippen LogP contribution in [0.4, 0.5) is 4.39 Å². The predicted molar refractivity (Wildman–Crippen MR) is 68.8 cm³/mol. The fourth-order valence-corrected chi connectivity index (χ4v) is 2.49. The molecule has 0 bridgehead atoms. The van der Waals surface area contributed by atoms with E-state index in [0.717, 1.165) is 6.07 Å². The first-order valence-corrected chi connectivity index (χ1v) is 5.94. The van der Waals surface area contributed by atoms with Crippen molar-refractivity contribution in [2.75, 3.05) is 0 Å². The standard InChI is InChI=1S/C15H13FO3/c1-15(2)11-5-8(17)3-4-10(11)14-12(16)6-9(18)7-13(14)19-15/h3-7,17-18H,1-2H3. The highest BCUT2D eigenvalue weighted by molar-refractivity contribution is 5.78. The highest BCUT2D eigenvalue weighted by Gasteiger charge is 2.34. The first-order valence-electron chi connectivity index (χ1n) is 5.94. The Morgan fingerprint density at radius 3 is 2.53 bits per heavy atom. The zero-order valence-corrected chi connectivity index (χ0v) is 10.6. The van der Waals surface area contributed by atoms with Crippen molar-refractivity contribution in [3.8, 4) is 28.4 Å². The normalized spacial score (nSPS) is 15.3. The summed E-state index contributed by atoms with van der Waals surface area (Å²) in [4.78, 5) is 0. The molecule has 4 heteroatoms. The fourth-order valence-electron chi connectivity index (χ4n) is 2.49. The van der Waals surface area contributed by atoms with Gasteiger partial charge in [0, 0.05) is 17.7 Å². The third-order valence-electron chi connectivity index (χ3n) is 3.33. The second-order valence-electron chi connectivity index (χ2n) is 5.14. The molecule has 19 heavy (non-hydrogen) atoms. The SMILES string of the molecule is CC1(C)Oc2cc(O)cc(F)c2-c2ccc(O)cc21. The number of rotatable bonds is 0. The number of fused-ring (bicyclic) bond motifs is 3. The molecule has 1 heterocycles. The van der Waals surface area contributed by atoms with E-state index < -0.39 is 11.4 Å². The molecule has 0 aliphatic carbocycles. The maximum absolute atomic E-state index is 14.1. The molecular weight excluding hydrogens is 247 g/mol. The van der Waals surface area contributed by atoms with Gasteiger partial charge in [0.15, 0.2) is 0 Å². The molecule has 1 aliphatic heterocycles. The summed E-state index contributed by atoms with van der Waals surface area (Å²) >= 11 is 0. The lowest BCUT2D eigenvalue weighted by Crippen LogP contribution is -2.29. The Morgan fingerprint density at radius 1 is 1.05 bits per heavy atom. The van der Waals surface area contributed by atoms with E-state index >= 15 is 0 Å². The second kappa shape index (κ2) is 3.63. The summed E-state index contributed by atoms with van der Waals surface area (Å²) in [6.45, 7) is 3.66. The van der Waals surface area contributed by atoms with E-state index in [9.17, 15) is 14.6 Å². The van der Waals surface area contributed by atoms with E-state index in [1.807, 2.05) is 13.8 Å². The first-order chi connectivity index (χ1) is 8.88. The molecule has 0 radical (unpaired) electrons. The van der Waals surface area contributed by atoms with Gasteiger partial charge in [-0.2, -0.15) is 0 Å². The maximum atomic E-state index is 14.1. The molecular formula is C15H13FO3. The summed E-state index contributed by atoms with van der Waals surface area (Å²) in [5, 5.41) is 19.1. The number of aromatic hydroxyl groups is 2. The minimum absolute atomic E-state index is 0.109. The van der Waals surface area contributed by atoms with Gasteiger partial charge in [0.1, 0.15) is 28.7 Å². The third-order valence-corrected chi connectivity index (χ3v) is 3.33. The van der Waals surface area contributed by atoms with E-state index in [1.54, 1.807) is 12.1 Å². The van der Waals surface area contributed by atoms with Gasteiger partial charge in [-0.05, 0) is 31.5 Å². The third kappa shape index (κ3) is 1.71. The van der Waals surface area contributed by atoms with E-state index in [2.05, 4.69) is 0 Å². The Bertz CT molecular complexity index is 677. The molecule has 98 valence electrons. The van der Waals surface area contributed by atoms with E-state index in [0.29, 0.717) is 22.4 Å². The molecule has 0 saturated heterocycles. The molecule has 0 fully saturated rings. The van der Waals surface area contributed by atoms with Crippen molar-refractivity contribution in [2.24, 2.45) is 0 Å². The van der Waals surface area contributed by atoms with Crippen LogP contribution in [0.1, 0.15) is 19.4 Å². The molecule has 0 saturated carbocycles. The lowest BCUT2D eigenvalue weighted by molar-refractivity contribution is 0.104. The zero-order valence-electron chi connectivity index (χ0n) is 10.6. The summed E-state index contributed by atoms with van der Waals surface area (Å²) in [5.74, 6) is -0.300. The first kappa shape index (κ1) is 11.8. The molecule has 0 aromatic heterocycles. The molecule has 2 aromatic carbocycles. The van der Waals surface area contributed by atoms with Crippen molar-refractivity contribution in [1.29, 1.82) is 0 Å². The molecule has 0 amide bonds. The van der Waals surface area contributed by atoms with Crippen molar-refractivity contribution in [1.82, 2.24) is 0 Å². The number of ether oxygens (including phenoxy) is 1. The molecule has 3 rings (SSSR count). The summed E-state index contributed by atoms with van der Waals surface area (Å²) in [5.41, 5.74) is 0.986. The van der Waals surface area contributed by atoms with Crippen LogP contribution in [0.15, 0.2) is 30.3 Å². The molecule has 0 spiro atoms. The van der Waals surface area contributed by atoms with Crippen LogP contribution in [-0.2, 0) is 5.60 Å².